The lowest BCUT2D eigenvalue weighted by Gasteiger charge is -2.02. The second-order valence-electron chi connectivity index (χ2n) is 2.68. The summed E-state index contributed by atoms with van der Waals surface area (Å²) in [6, 6.07) is 0. The first-order valence-electron chi connectivity index (χ1n) is 3.71. The van der Waals surface area contributed by atoms with Crippen molar-refractivity contribution < 1.29 is 0 Å². The van der Waals surface area contributed by atoms with Crippen LogP contribution in [-0.4, -0.2) is 19.5 Å². The highest BCUT2D eigenvalue weighted by Crippen LogP contribution is 2.13. The number of fused-ring (bicyclic) bond motifs is 1. The Kier molecular flexibility index (Phi) is 1.85. The molecule has 0 aliphatic heterocycles. The molecule has 7 heteroatoms. The van der Waals surface area contributed by atoms with Gasteiger partial charge in [0.1, 0.15) is 11.8 Å². The molecule has 0 aromatic carbocycles. The van der Waals surface area contributed by atoms with Crippen molar-refractivity contribution in [1.82, 2.24) is 19.5 Å². The highest BCUT2D eigenvalue weighted by Gasteiger charge is 2.08. The van der Waals surface area contributed by atoms with Gasteiger partial charge in [0.2, 0.25) is 0 Å². The number of aromatic amines is 1. The summed E-state index contributed by atoms with van der Waals surface area (Å²) in [6.45, 7) is 0. The number of hydrogen-bond acceptors (Lipinski definition) is 4. The summed E-state index contributed by atoms with van der Waals surface area (Å²) in [4.78, 5) is 32.1. The van der Waals surface area contributed by atoms with Crippen LogP contribution in [0, 0.1) is 0 Å². The zero-order valence-corrected chi connectivity index (χ0v) is 7.87. The molecular formula is C7H5ClN4O2. The third-order valence-electron chi connectivity index (χ3n) is 1.84. The van der Waals surface area contributed by atoms with Gasteiger partial charge in [0.25, 0.3) is 0 Å². The Bertz CT molecular complexity index is 615. The first-order chi connectivity index (χ1) is 6.61. The quantitative estimate of drug-likeness (QED) is 0.479. The molecule has 0 unspecified atom stereocenters. The Morgan fingerprint density at radius 3 is 2.86 bits per heavy atom. The Hall–Kier alpha value is -1.69. The van der Waals surface area contributed by atoms with Crippen molar-refractivity contribution >= 4 is 22.8 Å². The Balaban J connectivity index is 3.15. The van der Waals surface area contributed by atoms with Crippen molar-refractivity contribution in [3.63, 3.8) is 0 Å². The van der Waals surface area contributed by atoms with Gasteiger partial charge in [-0.2, -0.15) is 0 Å². The number of aromatic nitrogens is 4. The number of rotatable bonds is 0. The zero-order chi connectivity index (χ0) is 10.3. The molecule has 2 rings (SSSR count). The van der Waals surface area contributed by atoms with E-state index >= 15 is 0 Å². The fraction of sp³-hybridized carbons (Fsp3) is 0.143. The predicted molar refractivity (Wildman–Crippen MR) is 50.4 cm³/mol. The maximum absolute atomic E-state index is 11.2. The molecule has 0 amide bonds. The number of nitrogens with one attached hydrogen (secondary N) is 1. The Morgan fingerprint density at radius 1 is 1.43 bits per heavy atom. The molecule has 6 nitrogen and oxygen atoms in total. The van der Waals surface area contributed by atoms with Crippen LogP contribution in [0.25, 0.3) is 11.2 Å². The van der Waals surface area contributed by atoms with Crippen molar-refractivity contribution in [2.24, 2.45) is 7.05 Å². The molecule has 2 aromatic rings. The number of hydrogen-bond donors (Lipinski definition) is 1. The van der Waals surface area contributed by atoms with E-state index in [-0.39, 0.29) is 10.8 Å². The summed E-state index contributed by atoms with van der Waals surface area (Å²) < 4.78 is 1.12. The molecule has 2 heterocycles. The van der Waals surface area contributed by atoms with Crippen molar-refractivity contribution in [3.8, 4) is 0 Å². The maximum Gasteiger partial charge on any atom is 0.316 e. The van der Waals surface area contributed by atoms with Crippen LogP contribution in [0.1, 0.15) is 0 Å². The summed E-state index contributed by atoms with van der Waals surface area (Å²) in [6.07, 6.45) is 1.21. The van der Waals surface area contributed by atoms with E-state index in [1.165, 1.54) is 13.4 Å². The standard InChI is InChI=1S/C7H5ClN4O2/c1-12-3-4(8)9-2-10-5(3)11-6(13)7(12)14/h2H,1H3,(H,9,10,11,13). The average Bonchev–Trinajstić information content (AvgIpc) is 2.14. The van der Waals surface area contributed by atoms with E-state index in [1.54, 1.807) is 0 Å². The summed E-state index contributed by atoms with van der Waals surface area (Å²) in [7, 11) is 1.44. The van der Waals surface area contributed by atoms with Crippen LogP contribution >= 0.6 is 11.6 Å². The minimum Gasteiger partial charge on any atom is -0.301 e. The van der Waals surface area contributed by atoms with Gasteiger partial charge in [0.15, 0.2) is 10.8 Å². The van der Waals surface area contributed by atoms with Gasteiger partial charge in [-0.15, -0.1) is 0 Å². The van der Waals surface area contributed by atoms with Crippen LogP contribution in [0.5, 0.6) is 0 Å². The van der Waals surface area contributed by atoms with E-state index in [0.717, 1.165) is 4.57 Å². The van der Waals surface area contributed by atoms with Gasteiger partial charge >= 0.3 is 11.1 Å². The molecule has 0 radical (unpaired) electrons. The molecule has 0 aliphatic carbocycles. The molecular weight excluding hydrogens is 208 g/mol. The van der Waals surface area contributed by atoms with E-state index in [9.17, 15) is 9.59 Å². The van der Waals surface area contributed by atoms with Gasteiger partial charge in [-0.3, -0.25) is 9.59 Å². The van der Waals surface area contributed by atoms with Crippen LogP contribution in [0.3, 0.4) is 0 Å². The molecule has 0 atom stereocenters. The molecule has 14 heavy (non-hydrogen) atoms. The molecule has 0 saturated heterocycles. The predicted octanol–water partition coefficient (Wildman–Crippen LogP) is -0.330. The van der Waals surface area contributed by atoms with Gasteiger partial charge in [-0.25, -0.2) is 9.97 Å². The SMILES string of the molecule is Cn1c(=O)c(=O)[nH]c2ncnc(Cl)c21. The number of nitrogens with zero attached hydrogens (tertiary/aromatic N) is 3. The van der Waals surface area contributed by atoms with Crippen molar-refractivity contribution in [1.29, 1.82) is 0 Å². The van der Waals surface area contributed by atoms with Gasteiger partial charge < -0.3 is 9.55 Å². The fourth-order valence-electron chi connectivity index (χ4n) is 1.16. The molecule has 0 aliphatic rings. The van der Waals surface area contributed by atoms with E-state index in [4.69, 9.17) is 11.6 Å². The van der Waals surface area contributed by atoms with Crippen LogP contribution < -0.4 is 11.1 Å². The molecule has 0 bridgehead atoms. The van der Waals surface area contributed by atoms with Crippen molar-refractivity contribution in [2.75, 3.05) is 0 Å². The number of halogens is 1. The topological polar surface area (TPSA) is 80.6 Å². The Morgan fingerprint density at radius 2 is 2.14 bits per heavy atom. The van der Waals surface area contributed by atoms with Gasteiger partial charge in [-0.1, -0.05) is 11.6 Å². The minimum atomic E-state index is -0.727. The Labute approximate surface area is 82.2 Å². The normalized spacial score (nSPS) is 10.7. The highest BCUT2D eigenvalue weighted by molar-refractivity contribution is 6.33. The fourth-order valence-corrected chi connectivity index (χ4v) is 1.42. The third kappa shape index (κ3) is 1.12. The maximum atomic E-state index is 11.2. The third-order valence-corrected chi connectivity index (χ3v) is 2.12. The molecule has 72 valence electrons. The lowest BCUT2D eigenvalue weighted by atomic mass is 10.5. The first kappa shape index (κ1) is 8.89. The van der Waals surface area contributed by atoms with Gasteiger partial charge in [0.05, 0.1) is 0 Å². The van der Waals surface area contributed by atoms with Crippen LogP contribution in [-0.2, 0) is 7.05 Å². The lowest BCUT2D eigenvalue weighted by molar-refractivity contribution is 0.863. The van der Waals surface area contributed by atoms with E-state index < -0.39 is 11.1 Å². The van der Waals surface area contributed by atoms with Crippen LogP contribution in [0.2, 0.25) is 5.15 Å². The van der Waals surface area contributed by atoms with Crippen molar-refractivity contribution in [3.05, 3.63) is 32.2 Å². The van der Waals surface area contributed by atoms with E-state index in [2.05, 4.69) is 15.0 Å². The van der Waals surface area contributed by atoms with E-state index in [0.29, 0.717) is 5.52 Å². The largest absolute Gasteiger partial charge is 0.316 e. The summed E-state index contributed by atoms with van der Waals surface area (Å²) in [5.74, 6) is 0. The summed E-state index contributed by atoms with van der Waals surface area (Å²) in [5.41, 5.74) is -0.847. The molecule has 0 spiro atoms. The molecule has 0 fully saturated rings. The molecule has 1 N–H and O–H groups in total. The summed E-state index contributed by atoms with van der Waals surface area (Å²) in [5, 5.41) is 0.130. The van der Waals surface area contributed by atoms with Crippen LogP contribution in [0.15, 0.2) is 15.9 Å². The second-order valence-corrected chi connectivity index (χ2v) is 3.04. The summed E-state index contributed by atoms with van der Waals surface area (Å²) >= 11 is 5.75. The highest BCUT2D eigenvalue weighted by atomic mass is 35.5. The van der Waals surface area contributed by atoms with E-state index in [1.807, 2.05) is 0 Å². The minimum absolute atomic E-state index is 0.130. The smallest absolute Gasteiger partial charge is 0.301 e. The lowest BCUT2D eigenvalue weighted by Crippen LogP contribution is -2.35. The molecule has 0 saturated carbocycles. The van der Waals surface area contributed by atoms with Gasteiger partial charge in [-0.05, 0) is 0 Å². The van der Waals surface area contributed by atoms with Crippen LogP contribution in [0.4, 0.5) is 0 Å². The van der Waals surface area contributed by atoms with Gasteiger partial charge in [0, 0.05) is 7.05 Å². The zero-order valence-electron chi connectivity index (χ0n) is 7.11. The monoisotopic (exact) mass is 212 g/mol. The van der Waals surface area contributed by atoms with Crippen molar-refractivity contribution in [2.45, 2.75) is 0 Å². The molecule has 2 aromatic heterocycles. The number of H-pyrrole nitrogens is 1. The second kappa shape index (κ2) is 2.91. The first-order valence-corrected chi connectivity index (χ1v) is 4.08. The average molecular weight is 213 g/mol. The number of aryl methyl sites for hydroxylation is 1.